The first-order valence-electron chi connectivity index (χ1n) is 4.08. The number of amides is 2. The van der Waals surface area contributed by atoms with Gasteiger partial charge in [0, 0.05) is 19.6 Å². The molecule has 0 spiro atoms. The third kappa shape index (κ3) is 1.85. The molecule has 1 rings (SSSR count). The van der Waals surface area contributed by atoms with Crippen LogP contribution in [0, 0.1) is 5.41 Å². The van der Waals surface area contributed by atoms with Crippen molar-refractivity contribution in [2.45, 2.75) is 20.8 Å². The summed E-state index contributed by atoms with van der Waals surface area (Å²) in [5, 5.41) is 2.86. The van der Waals surface area contributed by atoms with Crippen molar-refractivity contribution in [3.8, 4) is 0 Å². The summed E-state index contributed by atoms with van der Waals surface area (Å²) in [6.45, 7) is 8.79. The van der Waals surface area contributed by atoms with Crippen molar-refractivity contribution < 1.29 is 4.79 Å². The van der Waals surface area contributed by atoms with Crippen molar-refractivity contribution in [2.75, 3.05) is 19.6 Å². The fourth-order valence-electron chi connectivity index (χ4n) is 1.33. The zero-order valence-corrected chi connectivity index (χ0v) is 7.48. The smallest absolute Gasteiger partial charge is 0.317 e. The Morgan fingerprint density at radius 1 is 1.64 bits per heavy atom. The van der Waals surface area contributed by atoms with E-state index in [1.54, 1.807) is 0 Å². The highest BCUT2D eigenvalue weighted by Crippen LogP contribution is 2.19. The predicted octanol–water partition coefficient (Wildman–Crippen LogP) is 1.06. The highest BCUT2D eigenvalue weighted by Gasteiger charge is 2.29. The van der Waals surface area contributed by atoms with Crippen molar-refractivity contribution in [2.24, 2.45) is 5.41 Å². The van der Waals surface area contributed by atoms with Crippen LogP contribution in [0.4, 0.5) is 4.79 Å². The van der Waals surface area contributed by atoms with Crippen LogP contribution in [-0.2, 0) is 0 Å². The van der Waals surface area contributed by atoms with E-state index in [2.05, 4.69) is 19.2 Å². The van der Waals surface area contributed by atoms with Crippen molar-refractivity contribution in [1.29, 1.82) is 0 Å². The zero-order chi connectivity index (χ0) is 8.48. The first-order chi connectivity index (χ1) is 5.05. The minimum atomic E-state index is 0.0758. The van der Waals surface area contributed by atoms with Crippen molar-refractivity contribution in [3.05, 3.63) is 0 Å². The van der Waals surface area contributed by atoms with Gasteiger partial charge in [-0.05, 0) is 12.3 Å². The Kier molecular flexibility index (Phi) is 2.07. The second-order valence-electron chi connectivity index (χ2n) is 3.84. The lowest BCUT2D eigenvalue weighted by Gasteiger charge is -2.37. The molecule has 1 fully saturated rings. The molecule has 1 heterocycles. The van der Waals surface area contributed by atoms with Crippen molar-refractivity contribution >= 4 is 6.03 Å². The van der Waals surface area contributed by atoms with Gasteiger partial charge in [0.1, 0.15) is 0 Å². The van der Waals surface area contributed by atoms with E-state index in [9.17, 15) is 4.79 Å². The van der Waals surface area contributed by atoms with Crippen LogP contribution >= 0.6 is 0 Å². The summed E-state index contributed by atoms with van der Waals surface area (Å²) in [7, 11) is 0. The predicted molar refractivity (Wildman–Crippen MR) is 44.4 cm³/mol. The van der Waals surface area contributed by atoms with Gasteiger partial charge in [-0.3, -0.25) is 0 Å². The van der Waals surface area contributed by atoms with Gasteiger partial charge in [-0.1, -0.05) is 13.8 Å². The summed E-state index contributed by atoms with van der Waals surface area (Å²) in [6, 6.07) is 0.0758. The molecule has 2 amide bonds. The third-order valence-corrected chi connectivity index (χ3v) is 2.01. The number of hydrogen-bond donors (Lipinski definition) is 1. The summed E-state index contributed by atoms with van der Waals surface area (Å²) >= 11 is 0. The molecule has 0 radical (unpaired) electrons. The SMILES string of the molecule is CCN1CC(C)(C)CNC1=O. The molecule has 11 heavy (non-hydrogen) atoms. The van der Waals surface area contributed by atoms with Gasteiger partial charge in [-0.25, -0.2) is 4.79 Å². The van der Waals surface area contributed by atoms with Gasteiger partial charge in [0.05, 0.1) is 0 Å². The van der Waals surface area contributed by atoms with E-state index in [0.29, 0.717) is 0 Å². The fraction of sp³-hybridized carbons (Fsp3) is 0.875. The van der Waals surface area contributed by atoms with E-state index in [1.807, 2.05) is 11.8 Å². The zero-order valence-electron chi connectivity index (χ0n) is 7.48. The monoisotopic (exact) mass is 156 g/mol. The number of urea groups is 1. The Morgan fingerprint density at radius 2 is 2.27 bits per heavy atom. The van der Waals surface area contributed by atoms with E-state index in [-0.39, 0.29) is 11.4 Å². The van der Waals surface area contributed by atoms with Gasteiger partial charge in [-0.15, -0.1) is 0 Å². The number of carbonyl (C=O) groups excluding carboxylic acids is 1. The molecule has 0 saturated carbocycles. The Morgan fingerprint density at radius 3 is 2.73 bits per heavy atom. The number of nitrogens with zero attached hydrogens (tertiary/aromatic N) is 1. The van der Waals surface area contributed by atoms with E-state index in [4.69, 9.17) is 0 Å². The highest BCUT2D eigenvalue weighted by atomic mass is 16.2. The Bertz CT molecular complexity index is 165. The Labute approximate surface area is 67.8 Å². The summed E-state index contributed by atoms with van der Waals surface area (Å²) in [6.07, 6.45) is 0. The van der Waals surface area contributed by atoms with E-state index in [0.717, 1.165) is 19.6 Å². The molecular weight excluding hydrogens is 140 g/mol. The van der Waals surface area contributed by atoms with E-state index < -0.39 is 0 Å². The summed E-state index contributed by atoms with van der Waals surface area (Å²) < 4.78 is 0. The Hall–Kier alpha value is -0.730. The maximum absolute atomic E-state index is 11.1. The quantitative estimate of drug-likeness (QED) is 0.605. The lowest BCUT2D eigenvalue weighted by molar-refractivity contribution is 0.141. The number of carbonyl (C=O) groups is 1. The van der Waals surface area contributed by atoms with Crippen LogP contribution in [-0.4, -0.2) is 30.6 Å². The van der Waals surface area contributed by atoms with Gasteiger partial charge >= 0.3 is 6.03 Å². The van der Waals surface area contributed by atoms with Crippen LogP contribution in [0.2, 0.25) is 0 Å². The third-order valence-electron chi connectivity index (χ3n) is 2.01. The standard InChI is InChI=1S/C8H16N2O/c1-4-10-6-8(2,3)5-9-7(10)11/h4-6H2,1-3H3,(H,9,11). The summed E-state index contributed by atoms with van der Waals surface area (Å²) in [5.41, 5.74) is 0.226. The second-order valence-corrected chi connectivity index (χ2v) is 3.84. The average molecular weight is 156 g/mol. The van der Waals surface area contributed by atoms with Crippen LogP contribution in [0.25, 0.3) is 0 Å². The molecule has 1 saturated heterocycles. The maximum atomic E-state index is 11.1. The molecule has 1 aliphatic heterocycles. The molecule has 3 heteroatoms. The minimum absolute atomic E-state index is 0.0758. The molecule has 0 aromatic heterocycles. The largest absolute Gasteiger partial charge is 0.337 e. The van der Waals surface area contributed by atoms with Gasteiger partial charge in [0.25, 0.3) is 0 Å². The lowest BCUT2D eigenvalue weighted by Crippen LogP contribution is -2.54. The van der Waals surface area contributed by atoms with Crippen LogP contribution in [0.15, 0.2) is 0 Å². The van der Waals surface area contributed by atoms with Crippen LogP contribution < -0.4 is 5.32 Å². The number of rotatable bonds is 1. The molecule has 0 aromatic rings. The second kappa shape index (κ2) is 2.72. The van der Waals surface area contributed by atoms with Crippen LogP contribution in [0.1, 0.15) is 20.8 Å². The molecule has 1 aliphatic rings. The number of hydrogen-bond acceptors (Lipinski definition) is 1. The Balaban J connectivity index is 2.58. The first kappa shape index (κ1) is 8.37. The molecule has 0 atom stereocenters. The minimum Gasteiger partial charge on any atom is -0.337 e. The van der Waals surface area contributed by atoms with Gasteiger partial charge < -0.3 is 10.2 Å². The maximum Gasteiger partial charge on any atom is 0.317 e. The molecule has 0 unspecified atom stereocenters. The van der Waals surface area contributed by atoms with Crippen molar-refractivity contribution in [1.82, 2.24) is 10.2 Å². The molecule has 1 N–H and O–H groups in total. The van der Waals surface area contributed by atoms with Crippen molar-refractivity contribution in [3.63, 3.8) is 0 Å². The lowest BCUT2D eigenvalue weighted by atomic mass is 9.91. The average Bonchev–Trinajstić information content (AvgIpc) is 1.94. The van der Waals surface area contributed by atoms with E-state index >= 15 is 0 Å². The number of nitrogens with one attached hydrogen (secondary N) is 1. The molecule has 3 nitrogen and oxygen atoms in total. The molecular formula is C8H16N2O. The molecule has 64 valence electrons. The van der Waals surface area contributed by atoms with Gasteiger partial charge in [0.15, 0.2) is 0 Å². The van der Waals surface area contributed by atoms with Gasteiger partial charge in [-0.2, -0.15) is 0 Å². The summed E-state index contributed by atoms with van der Waals surface area (Å²) in [5.74, 6) is 0. The topological polar surface area (TPSA) is 32.3 Å². The van der Waals surface area contributed by atoms with Gasteiger partial charge in [0.2, 0.25) is 0 Å². The van der Waals surface area contributed by atoms with Crippen LogP contribution in [0.3, 0.4) is 0 Å². The summed E-state index contributed by atoms with van der Waals surface area (Å²) in [4.78, 5) is 13.0. The highest BCUT2D eigenvalue weighted by molar-refractivity contribution is 5.75. The molecule has 0 aromatic carbocycles. The fourth-order valence-corrected chi connectivity index (χ4v) is 1.33. The van der Waals surface area contributed by atoms with E-state index in [1.165, 1.54) is 0 Å². The first-order valence-corrected chi connectivity index (χ1v) is 4.08. The molecule has 0 bridgehead atoms. The van der Waals surface area contributed by atoms with Crippen LogP contribution in [0.5, 0.6) is 0 Å². The normalized spacial score (nSPS) is 23.2. The molecule has 0 aliphatic carbocycles.